The second-order valence-electron chi connectivity index (χ2n) is 4.95. The van der Waals surface area contributed by atoms with Gasteiger partial charge in [-0.05, 0) is 37.6 Å². The van der Waals surface area contributed by atoms with Crippen LogP contribution in [-0.2, 0) is 4.79 Å². The molecule has 2 N–H and O–H groups in total. The Kier molecular flexibility index (Phi) is 4.82. The van der Waals surface area contributed by atoms with Gasteiger partial charge < -0.3 is 15.4 Å². The summed E-state index contributed by atoms with van der Waals surface area (Å²) in [5.74, 6) is 0.623. The number of hydrogen-bond donors (Lipinski definition) is 2. The number of aryl methyl sites for hydroxylation is 2. The quantitative estimate of drug-likeness (QED) is 0.885. The van der Waals surface area contributed by atoms with E-state index in [4.69, 9.17) is 4.74 Å². The molecule has 0 fully saturated rings. The van der Waals surface area contributed by atoms with Gasteiger partial charge >= 0.3 is 0 Å². The molecule has 4 nitrogen and oxygen atoms in total. The molecular weight excluding hydrogens is 264 g/mol. The fourth-order valence-electron chi connectivity index (χ4n) is 2.09. The molecular formula is C17H20N2O2. The van der Waals surface area contributed by atoms with Crippen molar-refractivity contribution in [3.05, 3.63) is 53.6 Å². The first-order valence-corrected chi connectivity index (χ1v) is 6.83. The third kappa shape index (κ3) is 4.24. The highest BCUT2D eigenvalue weighted by atomic mass is 16.5. The normalized spacial score (nSPS) is 10.0. The van der Waals surface area contributed by atoms with Crippen molar-refractivity contribution >= 4 is 17.3 Å². The maximum absolute atomic E-state index is 11.9. The topological polar surface area (TPSA) is 50.4 Å². The monoisotopic (exact) mass is 284 g/mol. The first-order valence-electron chi connectivity index (χ1n) is 6.83. The van der Waals surface area contributed by atoms with Gasteiger partial charge in [-0.25, -0.2) is 0 Å². The zero-order valence-corrected chi connectivity index (χ0v) is 12.6. The summed E-state index contributed by atoms with van der Waals surface area (Å²) in [6.07, 6.45) is 0. The third-order valence-electron chi connectivity index (χ3n) is 3.17. The minimum Gasteiger partial charge on any atom is -0.497 e. The summed E-state index contributed by atoms with van der Waals surface area (Å²) in [6.45, 7) is 4.29. The number of ether oxygens (including phenoxy) is 1. The Bertz CT molecular complexity index is 638. The number of carbonyl (C=O) groups is 1. The molecule has 2 aromatic carbocycles. The molecule has 0 aliphatic carbocycles. The molecule has 1 amide bonds. The van der Waals surface area contributed by atoms with Crippen LogP contribution in [0.3, 0.4) is 0 Å². The van der Waals surface area contributed by atoms with Gasteiger partial charge in [0.15, 0.2) is 0 Å². The molecule has 0 aliphatic heterocycles. The lowest BCUT2D eigenvalue weighted by atomic mass is 10.1. The van der Waals surface area contributed by atoms with E-state index >= 15 is 0 Å². The lowest BCUT2D eigenvalue weighted by Gasteiger charge is -2.11. The molecule has 0 unspecified atom stereocenters. The molecule has 110 valence electrons. The van der Waals surface area contributed by atoms with E-state index in [1.165, 1.54) is 5.56 Å². The highest BCUT2D eigenvalue weighted by Crippen LogP contribution is 2.17. The fraction of sp³-hybridized carbons (Fsp3) is 0.235. The maximum atomic E-state index is 11.9. The Morgan fingerprint density at radius 3 is 2.67 bits per heavy atom. The van der Waals surface area contributed by atoms with Crippen molar-refractivity contribution in [2.75, 3.05) is 24.3 Å². The largest absolute Gasteiger partial charge is 0.497 e. The smallest absolute Gasteiger partial charge is 0.243 e. The van der Waals surface area contributed by atoms with Crippen LogP contribution in [0.25, 0.3) is 0 Å². The van der Waals surface area contributed by atoms with Crippen LogP contribution in [-0.4, -0.2) is 19.6 Å². The molecule has 4 heteroatoms. The highest BCUT2D eigenvalue weighted by Gasteiger charge is 2.04. The molecule has 2 aromatic rings. The summed E-state index contributed by atoms with van der Waals surface area (Å²) in [5.41, 5.74) is 4.03. The predicted octanol–water partition coefficient (Wildman–Crippen LogP) is 3.36. The highest BCUT2D eigenvalue weighted by molar-refractivity contribution is 5.94. The van der Waals surface area contributed by atoms with Gasteiger partial charge in [-0.1, -0.05) is 23.8 Å². The Labute approximate surface area is 125 Å². The number of carbonyl (C=O) groups excluding carboxylic acids is 1. The number of hydrogen-bond acceptors (Lipinski definition) is 3. The number of anilines is 2. The van der Waals surface area contributed by atoms with Crippen LogP contribution in [0, 0.1) is 13.8 Å². The second kappa shape index (κ2) is 6.79. The Morgan fingerprint density at radius 2 is 1.95 bits per heavy atom. The molecule has 0 aromatic heterocycles. The van der Waals surface area contributed by atoms with Crippen molar-refractivity contribution in [1.29, 1.82) is 0 Å². The van der Waals surface area contributed by atoms with E-state index in [-0.39, 0.29) is 12.5 Å². The van der Waals surface area contributed by atoms with Gasteiger partial charge in [0.05, 0.1) is 13.7 Å². The van der Waals surface area contributed by atoms with E-state index in [9.17, 15) is 4.79 Å². The van der Waals surface area contributed by atoms with E-state index in [1.54, 1.807) is 13.2 Å². The molecule has 0 saturated heterocycles. The van der Waals surface area contributed by atoms with Crippen LogP contribution >= 0.6 is 0 Å². The van der Waals surface area contributed by atoms with Gasteiger partial charge in [0, 0.05) is 17.4 Å². The Morgan fingerprint density at radius 1 is 1.14 bits per heavy atom. The van der Waals surface area contributed by atoms with E-state index in [0.29, 0.717) is 0 Å². The SMILES string of the molecule is COc1cccc(NC(=O)CNc2ccc(C)cc2C)c1. The number of nitrogens with one attached hydrogen (secondary N) is 2. The summed E-state index contributed by atoms with van der Waals surface area (Å²) in [7, 11) is 1.60. The fourth-order valence-corrected chi connectivity index (χ4v) is 2.09. The zero-order chi connectivity index (χ0) is 15.2. The van der Waals surface area contributed by atoms with Gasteiger partial charge in [-0.3, -0.25) is 4.79 Å². The van der Waals surface area contributed by atoms with Crippen LogP contribution in [0.15, 0.2) is 42.5 Å². The van der Waals surface area contributed by atoms with Crippen molar-refractivity contribution in [3.8, 4) is 5.75 Å². The third-order valence-corrected chi connectivity index (χ3v) is 3.17. The zero-order valence-electron chi connectivity index (χ0n) is 12.6. The van der Waals surface area contributed by atoms with Gasteiger partial charge in [0.25, 0.3) is 0 Å². The number of rotatable bonds is 5. The standard InChI is InChI=1S/C17H20N2O2/c1-12-7-8-16(13(2)9-12)18-11-17(20)19-14-5-4-6-15(10-14)21-3/h4-10,18H,11H2,1-3H3,(H,19,20). The molecule has 0 bridgehead atoms. The van der Waals surface area contributed by atoms with Crippen LogP contribution in [0.5, 0.6) is 5.75 Å². The molecule has 0 spiro atoms. The van der Waals surface area contributed by atoms with Crippen LogP contribution in [0.1, 0.15) is 11.1 Å². The molecule has 21 heavy (non-hydrogen) atoms. The summed E-state index contributed by atoms with van der Waals surface area (Å²) in [4.78, 5) is 11.9. The number of methoxy groups -OCH3 is 1. The van der Waals surface area contributed by atoms with E-state index in [1.807, 2.05) is 44.2 Å². The van der Waals surface area contributed by atoms with Gasteiger partial charge in [-0.2, -0.15) is 0 Å². The Balaban J connectivity index is 1.92. The minimum absolute atomic E-state index is 0.0942. The number of benzene rings is 2. The second-order valence-corrected chi connectivity index (χ2v) is 4.95. The number of amides is 1. The van der Waals surface area contributed by atoms with Gasteiger partial charge in [0.1, 0.15) is 5.75 Å². The van der Waals surface area contributed by atoms with Crippen molar-refractivity contribution < 1.29 is 9.53 Å². The van der Waals surface area contributed by atoms with Crippen molar-refractivity contribution in [2.24, 2.45) is 0 Å². The maximum Gasteiger partial charge on any atom is 0.243 e. The molecule has 0 saturated carbocycles. The molecule has 2 rings (SSSR count). The summed E-state index contributed by atoms with van der Waals surface area (Å²) in [5, 5.41) is 5.98. The van der Waals surface area contributed by atoms with Crippen molar-refractivity contribution in [2.45, 2.75) is 13.8 Å². The molecule has 0 aliphatic rings. The average molecular weight is 284 g/mol. The minimum atomic E-state index is -0.0942. The van der Waals surface area contributed by atoms with Crippen molar-refractivity contribution in [1.82, 2.24) is 0 Å². The Hall–Kier alpha value is -2.49. The van der Waals surface area contributed by atoms with Crippen molar-refractivity contribution in [3.63, 3.8) is 0 Å². The summed E-state index contributed by atoms with van der Waals surface area (Å²) >= 11 is 0. The predicted molar refractivity (Wildman–Crippen MR) is 86.0 cm³/mol. The van der Waals surface area contributed by atoms with Gasteiger partial charge in [0.2, 0.25) is 5.91 Å². The first kappa shape index (κ1) is 14.9. The van der Waals surface area contributed by atoms with E-state index < -0.39 is 0 Å². The lowest BCUT2D eigenvalue weighted by Crippen LogP contribution is -2.22. The van der Waals surface area contributed by atoms with Crippen LogP contribution < -0.4 is 15.4 Å². The average Bonchev–Trinajstić information content (AvgIpc) is 2.46. The first-order chi connectivity index (χ1) is 10.1. The van der Waals surface area contributed by atoms with E-state index in [0.717, 1.165) is 22.7 Å². The molecule has 0 heterocycles. The molecule has 0 radical (unpaired) electrons. The van der Waals surface area contributed by atoms with Gasteiger partial charge in [-0.15, -0.1) is 0 Å². The van der Waals surface area contributed by atoms with E-state index in [2.05, 4.69) is 16.7 Å². The lowest BCUT2D eigenvalue weighted by molar-refractivity contribution is -0.114. The molecule has 0 atom stereocenters. The summed E-state index contributed by atoms with van der Waals surface area (Å²) < 4.78 is 5.13. The van der Waals surface area contributed by atoms with Crippen LogP contribution in [0.2, 0.25) is 0 Å². The summed E-state index contributed by atoms with van der Waals surface area (Å²) in [6, 6.07) is 13.4. The van der Waals surface area contributed by atoms with Crippen LogP contribution in [0.4, 0.5) is 11.4 Å².